The van der Waals surface area contributed by atoms with E-state index in [1.54, 1.807) is 0 Å². The molecule has 2 nitrogen and oxygen atoms in total. The smallest absolute Gasteiger partial charge is 0.223 e. The van der Waals surface area contributed by atoms with Crippen molar-refractivity contribution in [2.75, 3.05) is 5.88 Å². The Balaban J connectivity index is 1.92. The third-order valence-electron chi connectivity index (χ3n) is 3.56. The first kappa shape index (κ1) is 14.4. The summed E-state index contributed by atoms with van der Waals surface area (Å²) in [5.74, 6) is 0.933. The van der Waals surface area contributed by atoms with E-state index in [0.29, 0.717) is 18.3 Å². The lowest BCUT2D eigenvalue weighted by Gasteiger charge is -2.22. The second kappa shape index (κ2) is 6.95. The number of benzene rings is 1. The molecule has 0 unspecified atom stereocenters. The number of unbranched alkanes of at least 4 members (excludes halogenated alkanes) is 1. The van der Waals surface area contributed by atoms with Crippen molar-refractivity contribution >= 4 is 17.5 Å². The van der Waals surface area contributed by atoms with Crippen LogP contribution < -0.4 is 0 Å². The third kappa shape index (κ3) is 4.54. The van der Waals surface area contributed by atoms with Crippen molar-refractivity contribution in [2.45, 2.75) is 51.6 Å². The number of amides is 1. The van der Waals surface area contributed by atoms with Crippen LogP contribution in [0, 0.1) is 6.92 Å². The SMILES string of the molecule is Cc1ccc(CN(C(=O)CCCCCl)C2CC2)cc1. The standard InChI is InChI=1S/C16H22ClNO/c1-13-5-7-14(8-6-13)12-18(15-9-10-15)16(19)4-2-3-11-17/h5-8,15H,2-4,9-12H2,1H3. The van der Waals surface area contributed by atoms with Gasteiger partial charge in [-0.25, -0.2) is 0 Å². The van der Waals surface area contributed by atoms with Gasteiger partial charge in [0, 0.05) is 24.9 Å². The Morgan fingerprint density at radius 3 is 2.53 bits per heavy atom. The maximum Gasteiger partial charge on any atom is 0.223 e. The lowest BCUT2D eigenvalue weighted by atomic mass is 10.1. The Hall–Kier alpha value is -1.02. The largest absolute Gasteiger partial charge is 0.335 e. The molecular weight excluding hydrogens is 258 g/mol. The maximum absolute atomic E-state index is 12.3. The molecule has 0 spiro atoms. The van der Waals surface area contributed by atoms with Gasteiger partial charge in [0.2, 0.25) is 5.91 Å². The molecule has 3 heteroatoms. The molecule has 2 rings (SSSR count). The molecule has 0 radical (unpaired) electrons. The van der Waals surface area contributed by atoms with Gasteiger partial charge in [-0.15, -0.1) is 11.6 Å². The minimum Gasteiger partial charge on any atom is -0.335 e. The van der Waals surface area contributed by atoms with Gasteiger partial charge in [0.1, 0.15) is 0 Å². The molecule has 0 aromatic heterocycles. The van der Waals surface area contributed by atoms with Crippen molar-refractivity contribution in [3.05, 3.63) is 35.4 Å². The predicted molar refractivity (Wildman–Crippen MR) is 79.3 cm³/mol. The lowest BCUT2D eigenvalue weighted by Crippen LogP contribution is -2.32. The van der Waals surface area contributed by atoms with E-state index in [0.717, 1.165) is 32.2 Å². The molecule has 0 aliphatic heterocycles. The number of rotatable bonds is 7. The van der Waals surface area contributed by atoms with Crippen molar-refractivity contribution < 1.29 is 4.79 Å². The van der Waals surface area contributed by atoms with Crippen molar-refractivity contribution in [1.82, 2.24) is 4.90 Å². The molecule has 1 amide bonds. The molecule has 1 fully saturated rings. The molecule has 0 atom stereocenters. The molecule has 0 heterocycles. The fraction of sp³-hybridized carbons (Fsp3) is 0.562. The molecule has 0 bridgehead atoms. The zero-order valence-electron chi connectivity index (χ0n) is 11.6. The highest BCUT2D eigenvalue weighted by Gasteiger charge is 2.31. The van der Waals surface area contributed by atoms with Gasteiger partial charge in [-0.3, -0.25) is 4.79 Å². The summed E-state index contributed by atoms with van der Waals surface area (Å²) in [6, 6.07) is 8.94. The molecule has 1 aliphatic rings. The van der Waals surface area contributed by atoms with Gasteiger partial charge in [-0.2, -0.15) is 0 Å². The Morgan fingerprint density at radius 1 is 1.26 bits per heavy atom. The molecular formula is C16H22ClNO. The number of nitrogens with zero attached hydrogens (tertiary/aromatic N) is 1. The summed E-state index contributed by atoms with van der Waals surface area (Å²) in [6.45, 7) is 2.84. The van der Waals surface area contributed by atoms with E-state index in [4.69, 9.17) is 11.6 Å². The number of halogens is 1. The first-order valence-electron chi connectivity index (χ1n) is 7.11. The number of hydrogen-bond acceptors (Lipinski definition) is 1. The quantitative estimate of drug-likeness (QED) is 0.548. The Bertz CT molecular complexity index is 411. The number of aryl methyl sites for hydroxylation is 1. The van der Waals surface area contributed by atoms with Crippen LogP contribution in [0.5, 0.6) is 0 Å². The van der Waals surface area contributed by atoms with Crippen LogP contribution in [0.3, 0.4) is 0 Å². The van der Waals surface area contributed by atoms with E-state index >= 15 is 0 Å². The minimum atomic E-state index is 0.285. The number of alkyl halides is 1. The zero-order valence-corrected chi connectivity index (χ0v) is 12.3. The van der Waals surface area contributed by atoms with Crippen LogP contribution in [0.1, 0.15) is 43.2 Å². The average Bonchev–Trinajstić information content (AvgIpc) is 3.22. The van der Waals surface area contributed by atoms with Gasteiger partial charge in [0.25, 0.3) is 0 Å². The highest BCUT2D eigenvalue weighted by Crippen LogP contribution is 2.29. The molecule has 0 saturated heterocycles. The zero-order chi connectivity index (χ0) is 13.7. The Kier molecular flexibility index (Phi) is 5.26. The first-order valence-corrected chi connectivity index (χ1v) is 7.65. The minimum absolute atomic E-state index is 0.285. The van der Waals surface area contributed by atoms with Crippen LogP contribution in [0.25, 0.3) is 0 Å². The van der Waals surface area contributed by atoms with Gasteiger partial charge in [-0.05, 0) is 38.2 Å². The highest BCUT2D eigenvalue weighted by molar-refractivity contribution is 6.17. The molecule has 0 N–H and O–H groups in total. The topological polar surface area (TPSA) is 20.3 Å². The van der Waals surface area contributed by atoms with Gasteiger partial charge >= 0.3 is 0 Å². The van der Waals surface area contributed by atoms with Crippen LogP contribution in [-0.2, 0) is 11.3 Å². The fourth-order valence-electron chi connectivity index (χ4n) is 2.21. The first-order chi connectivity index (χ1) is 9.20. The molecule has 1 aromatic carbocycles. The van der Waals surface area contributed by atoms with E-state index in [2.05, 4.69) is 36.1 Å². The summed E-state index contributed by atoms with van der Waals surface area (Å²) >= 11 is 5.66. The van der Waals surface area contributed by atoms with E-state index in [1.165, 1.54) is 11.1 Å². The lowest BCUT2D eigenvalue weighted by molar-refractivity contribution is -0.132. The number of carbonyl (C=O) groups is 1. The molecule has 104 valence electrons. The summed E-state index contributed by atoms with van der Waals surface area (Å²) < 4.78 is 0. The van der Waals surface area contributed by atoms with Crippen LogP contribution in [-0.4, -0.2) is 22.7 Å². The van der Waals surface area contributed by atoms with Crippen LogP contribution in [0.2, 0.25) is 0 Å². The van der Waals surface area contributed by atoms with E-state index in [9.17, 15) is 4.79 Å². The van der Waals surface area contributed by atoms with Crippen molar-refractivity contribution in [2.24, 2.45) is 0 Å². The fourth-order valence-corrected chi connectivity index (χ4v) is 2.40. The highest BCUT2D eigenvalue weighted by atomic mass is 35.5. The molecule has 1 aromatic rings. The Labute approximate surface area is 120 Å². The van der Waals surface area contributed by atoms with Gasteiger partial charge in [-0.1, -0.05) is 29.8 Å². The van der Waals surface area contributed by atoms with Gasteiger partial charge < -0.3 is 4.90 Å². The van der Waals surface area contributed by atoms with E-state index in [-0.39, 0.29) is 5.91 Å². The third-order valence-corrected chi connectivity index (χ3v) is 3.82. The normalized spacial score (nSPS) is 14.4. The van der Waals surface area contributed by atoms with Crippen molar-refractivity contribution in [3.8, 4) is 0 Å². The van der Waals surface area contributed by atoms with E-state index in [1.807, 2.05) is 0 Å². The van der Waals surface area contributed by atoms with Gasteiger partial charge in [0.15, 0.2) is 0 Å². The molecule has 1 aliphatic carbocycles. The summed E-state index contributed by atoms with van der Waals surface area (Å²) in [5.41, 5.74) is 2.48. The van der Waals surface area contributed by atoms with Crippen LogP contribution >= 0.6 is 11.6 Å². The Morgan fingerprint density at radius 2 is 1.95 bits per heavy atom. The molecule has 1 saturated carbocycles. The van der Waals surface area contributed by atoms with Gasteiger partial charge in [0.05, 0.1) is 0 Å². The average molecular weight is 280 g/mol. The van der Waals surface area contributed by atoms with Crippen LogP contribution in [0.15, 0.2) is 24.3 Å². The monoisotopic (exact) mass is 279 g/mol. The summed E-state index contributed by atoms with van der Waals surface area (Å²) in [5, 5.41) is 0. The van der Waals surface area contributed by atoms with Crippen LogP contribution in [0.4, 0.5) is 0 Å². The second-order valence-corrected chi connectivity index (χ2v) is 5.76. The van der Waals surface area contributed by atoms with Crippen molar-refractivity contribution in [3.63, 3.8) is 0 Å². The van der Waals surface area contributed by atoms with Crippen molar-refractivity contribution in [1.29, 1.82) is 0 Å². The molecule has 19 heavy (non-hydrogen) atoms. The summed E-state index contributed by atoms with van der Waals surface area (Å²) in [4.78, 5) is 14.3. The summed E-state index contributed by atoms with van der Waals surface area (Å²) in [7, 11) is 0. The number of carbonyl (C=O) groups excluding carboxylic acids is 1. The summed E-state index contributed by atoms with van der Waals surface area (Å²) in [6.07, 6.45) is 4.78. The second-order valence-electron chi connectivity index (χ2n) is 5.38. The number of hydrogen-bond donors (Lipinski definition) is 0. The van der Waals surface area contributed by atoms with E-state index < -0.39 is 0 Å². The maximum atomic E-state index is 12.3. The predicted octanol–water partition coefficient (Wildman–Crippen LogP) is 3.90.